The van der Waals surface area contributed by atoms with Gasteiger partial charge in [-0.2, -0.15) is 0 Å². The van der Waals surface area contributed by atoms with Crippen molar-refractivity contribution >= 4 is 12.1 Å². The van der Waals surface area contributed by atoms with Gasteiger partial charge >= 0.3 is 12.1 Å². The highest BCUT2D eigenvalue weighted by atomic mass is 19.1. The number of amides is 1. The van der Waals surface area contributed by atoms with E-state index in [0.29, 0.717) is 0 Å². The first-order chi connectivity index (χ1) is 12.0. The topological polar surface area (TPSA) is 66.8 Å². The van der Waals surface area contributed by atoms with Gasteiger partial charge in [-0.3, -0.25) is 4.90 Å². The first kappa shape index (κ1) is 16.9. The number of carbonyl (C=O) groups excluding carboxylic acids is 1. The van der Waals surface area contributed by atoms with Crippen molar-refractivity contribution in [3.05, 3.63) is 70.8 Å². The Balaban J connectivity index is 1.82. The standard InChI is InChI=1S/C18H15F2NO4/c19-14-6-7-15(20)13-9-21(16(17(22)23)8-12(13)14)18(24)25-10-11-4-2-1-3-5-11/h1-7,16H,8-10H2,(H,22,23). The summed E-state index contributed by atoms with van der Waals surface area (Å²) in [6.07, 6.45) is -1.19. The van der Waals surface area contributed by atoms with Gasteiger partial charge in [-0.15, -0.1) is 0 Å². The molecule has 1 heterocycles. The zero-order valence-electron chi connectivity index (χ0n) is 13.1. The fourth-order valence-electron chi connectivity index (χ4n) is 2.83. The highest BCUT2D eigenvalue weighted by molar-refractivity contribution is 5.81. The van der Waals surface area contributed by atoms with Crippen molar-refractivity contribution < 1.29 is 28.2 Å². The quantitative estimate of drug-likeness (QED) is 0.926. The molecule has 7 heteroatoms. The molecule has 2 aromatic carbocycles. The summed E-state index contributed by atoms with van der Waals surface area (Å²) in [5.41, 5.74) is 0.700. The average Bonchev–Trinajstić information content (AvgIpc) is 2.62. The number of carboxylic acids is 1. The summed E-state index contributed by atoms with van der Waals surface area (Å²) in [6.45, 7) is -0.398. The Morgan fingerprint density at radius 3 is 2.36 bits per heavy atom. The fourth-order valence-corrected chi connectivity index (χ4v) is 2.83. The van der Waals surface area contributed by atoms with Crippen molar-refractivity contribution in [3.63, 3.8) is 0 Å². The number of aliphatic carboxylic acids is 1. The van der Waals surface area contributed by atoms with E-state index in [-0.39, 0.29) is 30.7 Å². The van der Waals surface area contributed by atoms with Gasteiger partial charge in [-0.05, 0) is 23.3 Å². The maximum atomic E-state index is 14.0. The number of nitrogens with zero attached hydrogens (tertiary/aromatic N) is 1. The van der Waals surface area contributed by atoms with Gasteiger partial charge in [0, 0.05) is 12.0 Å². The number of benzene rings is 2. The van der Waals surface area contributed by atoms with E-state index in [2.05, 4.69) is 0 Å². The van der Waals surface area contributed by atoms with Crippen LogP contribution in [-0.4, -0.2) is 28.1 Å². The minimum Gasteiger partial charge on any atom is -0.480 e. The van der Waals surface area contributed by atoms with Crippen molar-refractivity contribution in [3.8, 4) is 0 Å². The molecule has 0 radical (unpaired) electrons. The van der Waals surface area contributed by atoms with E-state index in [1.54, 1.807) is 24.3 Å². The van der Waals surface area contributed by atoms with E-state index in [1.165, 1.54) is 0 Å². The summed E-state index contributed by atoms with van der Waals surface area (Å²) < 4.78 is 33.0. The van der Waals surface area contributed by atoms with Gasteiger partial charge in [-0.25, -0.2) is 18.4 Å². The number of hydrogen-bond acceptors (Lipinski definition) is 3. The van der Waals surface area contributed by atoms with Gasteiger partial charge in [-0.1, -0.05) is 30.3 Å². The minimum absolute atomic E-state index is 0.0143. The van der Waals surface area contributed by atoms with Crippen molar-refractivity contribution in [2.24, 2.45) is 0 Å². The number of rotatable bonds is 3. The van der Waals surface area contributed by atoms with Crippen molar-refractivity contribution in [2.75, 3.05) is 0 Å². The van der Waals surface area contributed by atoms with E-state index in [0.717, 1.165) is 22.6 Å². The van der Waals surface area contributed by atoms with Crippen molar-refractivity contribution in [1.82, 2.24) is 4.90 Å². The molecule has 2 aromatic rings. The average molecular weight is 347 g/mol. The molecule has 0 saturated heterocycles. The molecule has 1 aliphatic rings. The molecule has 0 saturated carbocycles. The highest BCUT2D eigenvalue weighted by Crippen LogP contribution is 2.28. The molecular formula is C18H15F2NO4. The minimum atomic E-state index is -1.31. The monoisotopic (exact) mass is 347 g/mol. The molecule has 0 aliphatic carbocycles. The molecule has 25 heavy (non-hydrogen) atoms. The number of hydrogen-bond donors (Lipinski definition) is 1. The Labute approximate surface area is 142 Å². The van der Waals surface area contributed by atoms with E-state index >= 15 is 0 Å². The third-order valence-corrected chi connectivity index (χ3v) is 4.14. The molecule has 1 atom stereocenters. The van der Waals surface area contributed by atoms with Crippen LogP contribution < -0.4 is 0 Å². The van der Waals surface area contributed by atoms with Crippen LogP contribution in [0.2, 0.25) is 0 Å². The fraction of sp³-hybridized carbons (Fsp3) is 0.222. The van der Waals surface area contributed by atoms with E-state index in [4.69, 9.17) is 4.74 Å². The molecule has 1 N–H and O–H groups in total. The second-order valence-electron chi connectivity index (χ2n) is 5.71. The second kappa shape index (κ2) is 6.88. The molecule has 5 nitrogen and oxygen atoms in total. The lowest BCUT2D eigenvalue weighted by molar-refractivity contribution is -0.143. The molecule has 1 aliphatic heterocycles. The zero-order valence-corrected chi connectivity index (χ0v) is 13.1. The van der Waals surface area contributed by atoms with Crippen LogP contribution in [0.1, 0.15) is 16.7 Å². The van der Waals surface area contributed by atoms with Gasteiger partial charge < -0.3 is 9.84 Å². The Morgan fingerprint density at radius 1 is 1.08 bits per heavy atom. The van der Waals surface area contributed by atoms with Gasteiger partial charge in [0.2, 0.25) is 0 Å². The molecule has 3 rings (SSSR count). The number of fused-ring (bicyclic) bond motifs is 1. The second-order valence-corrected chi connectivity index (χ2v) is 5.71. The van der Waals surface area contributed by atoms with Crippen LogP contribution in [-0.2, 0) is 29.1 Å². The van der Waals surface area contributed by atoms with Crippen LogP contribution in [0.15, 0.2) is 42.5 Å². The third kappa shape index (κ3) is 3.45. The zero-order chi connectivity index (χ0) is 18.0. The van der Waals surface area contributed by atoms with Crippen LogP contribution in [0.4, 0.5) is 13.6 Å². The van der Waals surface area contributed by atoms with E-state index in [9.17, 15) is 23.5 Å². The van der Waals surface area contributed by atoms with E-state index < -0.39 is 29.7 Å². The third-order valence-electron chi connectivity index (χ3n) is 4.14. The number of ether oxygens (including phenoxy) is 1. The molecule has 0 bridgehead atoms. The van der Waals surface area contributed by atoms with Crippen molar-refractivity contribution in [2.45, 2.75) is 25.6 Å². The predicted octanol–water partition coefficient (Wildman–Crippen LogP) is 3.11. The Morgan fingerprint density at radius 2 is 1.72 bits per heavy atom. The summed E-state index contributed by atoms with van der Waals surface area (Å²) in [5.74, 6) is -2.66. The maximum Gasteiger partial charge on any atom is 0.411 e. The summed E-state index contributed by atoms with van der Waals surface area (Å²) in [6, 6.07) is 9.47. The summed E-state index contributed by atoms with van der Waals surface area (Å²) in [7, 11) is 0. The smallest absolute Gasteiger partial charge is 0.411 e. The van der Waals surface area contributed by atoms with Crippen molar-refractivity contribution in [1.29, 1.82) is 0 Å². The normalized spacial score (nSPS) is 16.2. The van der Waals surface area contributed by atoms with Crippen LogP contribution >= 0.6 is 0 Å². The summed E-state index contributed by atoms with van der Waals surface area (Å²) in [4.78, 5) is 24.7. The lowest BCUT2D eigenvalue weighted by Crippen LogP contribution is -2.49. The van der Waals surface area contributed by atoms with Crippen LogP contribution in [0.3, 0.4) is 0 Å². The highest BCUT2D eigenvalue weighted by Gasteiger charge is 2.38. The Kier molecular flexibility index (Phi) is 4.65. The van der Waals surface area contributed by atoms with Gasteiger partial charge in [0.15, 0.2) is 0 Å². The van der Waals surface area contributed by atoms with Gasteiger partial charge in [0.05, 0.1) is 6.54 Å². The molecule has 0 fully saturated rings. The number of carbonyl (C=O) groups is 2. The maximum absolute atomic E-state index is 14.0. The largest absolute Gasteiger partial charge is 0.480 e. The van der Waals surface area contributed by atoms with Crippen LogP contribution in [0.25, 0.3) is 0 Å². The number of halogens is 2. The molecule has 1 unspecified atom stereocenters. The van der Waals surface area contributed by atoms with E-state index in [1.807, 2.05) is 6.07 Å². The lowest BCUT2D eigenvalue weighted by atomic mass is 9.93. The first-order valence-corrected chi connectivity index (χ1v) is 7.63. The van der Waals surface area contributed by atoms with Crippen LogP contribution in [0, 0.1) is 11.6 Å². The summed E-state index contributed by atoms with van der Waals surface area (Å²) in [5, 5.41) is 9.36. The predicted molar refractivity (Wildman–Crippen MR) is 83.7 cm³/mol. The molecule has 130 valence electrons. The lowest BCUT2D eigenvalue weighted by Gasteiger charge is -2.33. The SMILES string of the molecule is O=C(O)C1Cc2c(F)ccc(F)c2CN1C(=O)OCc1ccccc1. The first-order valence-electron chi connectivity index (χ1n) is 7.63. The molecule has 0 aromatic heterocycles. The summed E-state index contributed by atoms with van der Waals surface area (Å²) >= 11 is 0. The number of carboxylic acid groups (broad SMARTS) is 1. The van der Waals surface area contributed by atoms with Gasteiger partial charge in [0.1, 0.15) is 24.3 Å². The molecule has 1 amide bonds. The Bertz CT molecular complexity index is 810. The molecule has 0 spiro atoms. The Hall–Kier alpha value is -2.96. The van der Waals surface area contributed by atoms with Crippen LogP contribution in [0.5, 0.6) is 0 Å². The van der Waals surface area contributed by atoms with Gasteiger partial charge in [0.25, 0.3) is 0 Å². The molecular weight excluding hydrogens is 332 g/mol.